The maximum atomic E-state index is 5.69. The van der Waals surface area contributed by atoms with E-state index in [1.165, 1.54) is 5.56 Å². The van der Waals surface area contributed by atoms with E-state index in [2.05, 4.69) is 36.1 Å². The van der Waals surface area contributed by atoms with Gasteiger partial charge in [-0.25, -0.2) is 0 Å². The Morgan fingerprint density at radius 3 is 2.29 bits per heavy atom. The number of aliphatic imine (C=N–C) groups is 1. The van der Waals surface area contributed by atoms with Crippen molar-refractivity contribution in [3.8, 4) is 0 Å². The van der Waals surface area contributed by atoms with Gasteiger partial charge in [0.1, 0.15) is 5.84 Å². The Balaban J connectivity index is 2.78. The summed E-state index contributed by atoms with van der Waals surface area (Å²) in [6.07, 6.45) is 0. The van der Waals surface area contributed by atoms with E-state index in [4.69, 9.17) is 5.73 Å². The van der Waals surface area contributed by atoms with E-state index >= 15 is 0 Å². The summed E-state index contributed by atoms with van der Waals surface area (Å²) in [5, 5.41) is 0. The lowest BCUT2D eigenvalue weighted by atomic mass is 10.1. The predicted octanol–water partition coefficient (Wildman–Crippen LogP) is 1.08. The Kier molecular flexibility index (Phi) is 3.65. The summed E-state index contributed by atoms with van der Waals surface area (Å²) in [4.78, 5) is 6.06. The molecular formula is C11H17N3. The standard InChI is InChI=1S/C11H17N3/c1-13-11(12)10-6-4-9(5-7-10)8-14(2)3/h4-7H,8H2,1-3H3,(H2,12,13). The van der Waals surface area contributed by atoms with Gasteiger partial charge in [-0.1, -0.05) is 24.3 Å². The van der Waals surface area contributed by atoms with Crippen molar-refractivity contribution in [3.63, 3.8) is 0 Å². The molecule has 0 spiro atoms. The first-order valence-corrected chi connectivity index (χ1v) is 4.60. The van der Waals surface area contributed by atoms with E-state index in [9.17, 15) is 0 Å². The Hall–Kier alpha value is -1.35. The maximum absolute atomic E-state index is 5.69. The molecular weight excluding hydrogens is 174 g/mol. The first-order valence-electron chi connectivity index (χ1n) is 4.60. The van der Waals surface area contributed by atoms with Crippen LogP contribution < -0.4 is 5.73 Å². The zero-order valence-electron chi connectivity index (χ0n) is 8.99. The van der Waals surface area contributed by atoms with Crippen LogP contribution in [0.2, 0.25) is 0 Å². The summed E-state index contributed by atoms with van der Waals surface area (Å²) in [5.41, 5.74) is 7.95. The van der Waals surface area contributed by atoms with Crippen molar-refractivity contribution in [1.82, 2.24) is 4.90 Å². The number of benzene rings is 1. The lowest BCUT2D eigenvalue weighted by molar-refractivity contribution is 0.402. The van der Waals surface area contributed by atoms with E-state index in [-0.39, 0.29) is 0 Å². The molecule has 0 saturated heterocycles. The molecule has 76 valence electrons. The maximum Gasteiger partial charge on any atom is 0.125 e. The number of amidine groups is 1. The van der Waals surface area contributed by atoms with Gasteiger partial charge in [0, 0.05) is 19.2 Å². The summed E-state index contributed by atoms with van der Waals surface area (Å²) in [6.45, 7) is 0.948. The van der Waals surface area contributed by atoms with Crippen LogP contribution in [0.5, 0.6) is 0 Å². The molecule has 0 aliphatic rings. The average Bonchev–Trinajstić information content (AvgIpc) is 2.17. The molecule has 0 fully saturated rings. The second kappa shape index (κ2) is 4.77. The number of hydrogen-bond acceptors (Lipinski definition) is 2. The van der Waals surface area contributed by atoms with Gasteiger partial charge >= 0.3 is 0 Å². The average molecular weight is 191 g/mol. The summed E-state index contributed by atoms with van der Waals surface area (Å²) in [6, 6.07) is 8.16. The lowest BCUT2D eigenvalue weighted by Crippen LogP contribution is -2.14. The molecule has 3 nitrogen and oxygen atoms in total. The molecule has 0 amide bonds. The molecule has 0 unspecified atom stereocenters. The van der Waals surface area contributed by atoms with Gasteiger partial charge in [0.25, 0.3) is 0 Å². The Morgan fingerprint density at radius 1 is 1.29 bits per heavy atom. The zero-order chi connectivity index (χ0) is 10.6. The molecule has 1 aromatic rings. The molecule has 0 heterocycles. The quantitative estimate of drug-likeness (QED) is 0.574. The highest BCUT2D eigenvalue weighted by Crippen LogP contribution is 2.05. The van der Waals surface area contributed by atoms with E-state index in [0.717, 1.165) is 12.1 Å². The number of rotatable bonds is 3. The second-order valence-corrected chi connectivity index (χ2v) is 3.54. The fourth-order valence-electron chi connectivity index (χ4n) is 1.28. The van der Waals surface area contributed by atoms with E-state index < -0.39 is 0 Å². The van der Waals surface area contributed by atoms with Gasteiger partial charge in [-0.2, -0.15) is 0 Å². The van der Waals surface area contributed by atoms with Crippen LogP contribution in [0.3, 0.4) is 0 Å². The molecule has 0 aromatic heterocycles. The first-order chi connectivity index (χ1) is 6.63. The van der Waals surface area contributed by atoms with Crippen LogP contribution in [-0.4, -0.2) is 31.9 Å². The van der Waals surface area contributed by atoms with Crippen molar-refractivity contribution >= 4 is 5.84 Å². The molecule has 0 radical (unpaired) electrons. The Morgan fingerprint density at radius 2 is 1.86 bits per heavy atom. The van der Waals surface area contributed by atoms with Gasteiger partial charge in [0.05, 0.1) is 0 Å². The van der Waals surface area contributed by atoms with Crippen molar-refractivity contribution in [2.45, 2.75) is 6.54 Å². The minimum absolute atomic E-state index is 0.585. The lowest BCUT2D eigenvalue weighted by Gasteiger charge is -2.09. The van der Waals surface area contributed by atoms with Crippen LogP contribution in [0.25, 0.3) is 0 Å². The van der Waals surface area contributed by atoms with Crippen LogP contribution >= 0.6 is 0 Å². The van der Waals surface area contributed by atoms with Crippen molar-refractivity contribution in [1.29, 1.82) is 0 Å². The third kappa shape index (κ3) is 2.85. The smallest absolute Gasteiger partial charge is 0.125 e. The summed E-state index contributed by atoms with van der Waals surface area (Å²) in [7, 11) is 5.80. The topological polar surface area (TPSA) is 41.6 Å². The minimum Gasteiger partial charge on any atom is -0.384 e. The van der Waals surface area contributed by atoms with Gasteiger partial charge < -0.3 is 10.6 Å². The first kappa shape index (κ1) is 10.7. The van der Waals surface area contributed by atoms with Crippen LogP contribution in [0.1, 0.15) is 11.1 Å². The van der Waals surface area contributed by atoms with Crippen LogP contribution in [0, 0.1) is 0 Å². The molecule has 2 N–H and O–H groups in total. The molecule has 14 heavy (non-hydrogen) atoms. The van der Waals surface area contributed by atoms with E-state index in [1.807, 2.05) is 12.1 Å². The van der Waals surface area contributed by atoms with Crippen LogP contribution in [0.15, 0.2) is 29.3 Å². The fraction of sp³-hybridized carbons (Fsp3) is 0.364. The SMILES string of the molecule is CN=C(N)c1ccc(CN(C)C)cc1. The highest BCUT2D eigenvalue weighted by molar-refractivity contribution is 5.97. The molecule has 1 rings (SSSR count). The Bertz CT molecular complexity index is 312. The Labute approximate surface area is 85.3 Å². The number of hydrogen-bond donors (Lipinski definition) is 1. The van der Waals surface area contributed by atoms with Crippen molar-refractivity contribution < 1.29 is 0 Å². The minimum atomic E-state index is 0.585. The molecule has 1 aromatic carbocycles. The van der Waals surface area contributed by atoms with Crippen molar-refractivity contribution in [2.24, 2.45) is 10.7 Å². The van der Waals surface area contributed by atoms with Gasteiger partial charge in [0.2, 0.25) is 0 Å². The summed E-state index contributed by atoms with van der Waals surface area (Å²) in [5.74, 6) is 0.585. The van der Waals surface area contributed by atoms with Crippen LogP contribution in [0.4, 0.5) is 0 Å². The zero-order valence-corrected chi connectivity index (χ0v) is 8.99. The summed E-state index contributed by atoms with van der Waals surface area (Å²) >= 11 is 0. The molecule has 0 bridgehead atoms. The van der Waals surface area contributed by atoms with Gasteiger partial charge in [-0.05, 0) is 19.7 Å². The highest BCUT2D eigenvalue weighted by Gasteiger charge is 1.98. The van der Waals surface area contributed by atoms with Crippen LogP contribution in [-0.2, 0) is 6.54 Å². The summed E-state index contributed by atoms with van der Waals surface area (Å²) < 4.78 is 0. The normalized spacial score (nSPS) is 12.1. The third-order valence-electron chi connectivity index (χ3n) is 1.99. The fourth-order valence-corrected chi connectivity index (χ4v) is 1.28. The molecule has 0 aliphatic carbocycles. The second-order valence-electron chi connectivity index (χ2n) is 3.54. The molecule has 0 saturated carbocycles. The predicted molar refractivity (Wildman–Crippen MR) is 60.5 cm³/mol. The number of nitrogens with zero attached hydrogens (tertiary/aromatic N) is 2. The monoisotopic (exact) mass is 191 g/mol. The number of nitrogens with two attached hydrogens (primary N) is 1. The third-order valence-corrected chi connectivity index (χ3v) is 1.99. The van der Waals surface area contributed by atoms with Gasteiger partial charge in [-0.3, -0.25) is 4.99 Å². The highest BCUT2D eigenvalue weighted by atomic mass is 15.0. The van der Waals surface area contributed by atoms with E-state index in [0.29, 0.717) is 5.84 Å². The van der Waals surface area contributed by atoms with Gasteiger partial charge in [0.15, 0.2) is 0 Å². The van der Waals surface area contributed by atoms with Crippen molar-refractivity contribution in [2.75, 3.05) is 21.1 Å². The van der Waals surface area contributed by atoms with Crippen molar-refractivity contribution in [3.05, 3.63) is 35.4 Å². The van der Waals surface area contributed by atoms with E-state index in [1.54, 1.807) is 7.05 Å². The molecule has 0 aliphatic heterocycles. The molecule has 3 heteroatoms. The molecule has 0 atom stereocenters. The van der Waals surface area contributed by atoms with Gasteiger partial charge in [-0.15, -0.1) is 0 Å². The largest absolute Gasteiger partial charge is 0.384 e.